The lowest BCUT2D eigenvalue weighted by Gasteiger charge is -2.22. The van der Waals surface area contributed by atoms with Crippen LogP contribution in [0.4, 0.5) is 10.5 Å². The molecular weight excluding hydrogens is 502 g/mol. The number of nitrogens with one attached hydrogen (secondary N) is 3. The van der Waals surface area contributed by atoms with E-state index in [4.69, 9.17) is 27.7 Å². The molecule has 0 saturated heterocycles. The topological polar surface area (TPSA) is 97.3 Å². The molecule has 1 heterocycles. The Morgan fingerprint density at radius 1 is 1.08 bits per heavy atom. The second-order valence-electron chi connectivity index (χ2n) is 8.49. The highest BCUT2D eigenvalue weighted by Crippen LogP contribution is 2.20. The number of ether oxygens (including phenoxy) is 1. The number of hydrogen-bond donors (Lipinski definition) is 3. The Hall–Kier alpha value is -4.32. The fraction of sp³-hybridized carbons (Fsp3) is 0.207. The fourth-order valence-corrected chi connectivity index (χ4v) is 4.03. The lowest BCUT2D eigenvalue weighted by atomic mass is 10.1. The fourth-order valence-electron chi connectivity index (χ4n) is 3.87. The Morgan fingerprint density at radius 2 is 1.82 bits per heavy atom. The van der Waals surface area contributed by atoms with Crippen molar-refractivity contribution in [3.05, 3.63) is 106 Å². The zero-order valence-electron chi connectivity index (χ0n) is 20.7. The van der Waals surface area contributed by atoms with Gasteiger partial charge in [0, 0.05) is 18.0 Å². The van der Waals surface area contributed by atoms with E-state index < -0.39 is 12.1 Å². The quantitative estimate of drug-likeness (QED) is 0.189. The SMILES string of the molecule is C#CC[C@@H](NCCCOC(=O)NCc1ccccc1)c1nc2cc(Cl)ccc2c(=O)n1Nc1ccccc1. The number of amides is 1. The molecule has 4 rings (SSSR count). The monoisotopic (exact) mass is 529 g/mol. The van der Waals surface area contributed by atoms with Gasteiger partial charge < -0.3 is 15.4 Å². The molecule has 1 amide bonds. The largest absolute Gasteiger partial charge is 0.450 e. The van der Waals surface area contributed by atoms with Gasteiger partial charge in [-0.1, -0.05) is 60.1 Å². The Labute approximate surface area is 226 Å². The maximum absolute atomic E-state index is 13.5. The summed E-state index contributed by atoms with van der Waals surface area (Å²) in [6.07, 6.45) is 6.01. The predicted molar refractivity (Wildman–Crippen MR) is 150 cm³/mol. The highest BCUT2D eigenvalue weighted by molar-refractivity contribution is 6.31. The standard InChI is InChI=1S/C29H28ClN5O3/c1-2-10-25(31-17-9-18-38-29(37)32-20-21-11-5-3-6-12-21)27-33-26-19-22(30)15-16-24(26)28(36)35(27)34-23-13-7-4-8-14-23/h1,3-8,11-16,19,25,31,34H,9-10,17-18,20H2,(H,32,37)/t25-/m1/s1. The van der Waals surface area contributed by atoms with E-state index >= 15 is 0 Å². The minimum Gasteiger partial charge on any atom is -0.450 e. The van der Waals surface area contributed by atoms with E-state index in [0.717, 1.165) is 11.3 Å². The number of nitrogens with zero attached hydrogens (tertiary/aromatic N) is 2. The smallest absolute Gasteiger partial charge is 0.407 e. The summed E-state index contributed by atoms with van der Waals surface area (Å²) < 4.78 is 6.69. The van der Waals surface area contributed by atoms with Gasteiger partial charge >= 0.3 is 6.09 Å². The van der Waals surface area contributed by atoms with Gasteiger partial charge in [-0.15, -0.1) is 12.3 Å². The maximum Gasteiger partial charge on any atom is 0.407 e. The molecule has 1 aromatic heterocycles. The number of carbonyl (C=O) groups excluding carboxylic acids is 1. The molecule has 0 fully saturated rings. The zero-order valence-corrected chi connectivity index (χ0v) is 21.4. The predicted octanol–water partition coefficient (Wildman–Crippen LogP) is 4.90. The third-order valence-corrected chi connectivity index (χ3v) is 5.97. The summed E-state index contributed by atoms with van der Waals surface area (Å²) in [5.74, 6) is 3.08. The summed E-state index contributed by atoms with van der Waals surface area (Å²) in [5.41, 5.74) is 5.07. The van der Waals surface area contributed by atoms with Crippen LogP contribution in [0.3, 0.4) is 0 Å². The molecule has 0 bridgehead atoms. The minimum absolute atomic E-state index is 0.215. The van der Waals surface area contributed by atoms with E-state index in [1.165, 1.54) is 4.68 Å². The Morgan fingerprint density at radius 3 is 2.55 bits per heavy atom. The van der Waals surface area contributed by atoms with Crippen LogP contribution in [0.15, 0.2) is 83.7 Å². The number of terminal acetylenes is 1. The van der Waals surface area contributed by atoms with Crippen molar-refractivity contribution in [2.45, 2.75) is 25.4 Å². The van der Waals surface area contributed by atoms with Crippen LogP contribution < -0.4 is 21.6 Å². The molecule has 0 radical (unpaired) electrons. The molecular formula is C29H28ClN5O3. The van der Waals surface area contributed by atoms with Crippen molar-refractivity contribution in [1.82, 2.24) is 20.3 Å². The third-order valence-electron chi connectivity index (χ3n) is 5.73. The minimum atomic E-state index is -0.483. The van der Waals surface area contributed by atoms with E-state index in [0.29, 0.717) is 41.3 Å². The highest BCUT2D eigenvalue weighted by Gasteiger charge is 2.20. The van der Waals surface area contributed by atoms with Crippen molar-refractivity contribution in [1.29, 1.82) is 0 Å². The summed E-state index contributed by atoms with van der Waals surface area (Å²) in [7, 11) is 0. The highest BCUT2D eigenvalue weighted by atomic mass is 35.5. The number of alkyl carbamates (subject to hydrolysis) is 1. The number of fused-ring (bicyclic) bond motifs is 1. The van der Waals surface area contributed by atoms with Gasteiger partial charge in [-0.2, -0.15) is 0 Å². The van der Waals surface area contributed by atoms with E-state index in [2.05, 4.69) is 22.0 Å². The first-order valence-corrected chi connectivity index (χ1v) is 12.6. The number of halogens is 1. The molecule has 8 nitrogen and oxygen atoms in total. The molecule has 4 aromatic rings. The van der Waals surface area contributed by atoms with Crippen LogP contribution in [-0.4, -0.2) is 28.9 Å². The van der Waals surface area contributed by atoms with Crippen molar-refractivity contribution in [3.63, 3.8) is 0 Å². The summed E-state index contributed by atoms with van der Waals surface area (Å²) in [6, 6.07) is 23.5. The molecule has 194 valence electrons. The molecule has 3 N–H and O–H groups in total. The van der Waals surface area contributed by atoms with Gasteiger partial charge in [0.05, 0.1) is 29.2 Å². The Bertz CT molecular complexity index is 1470. The van der Waals surface area contributed by atoms with Gasteiger partial charge in [0.2, 0.25) is 0 Å². The van der Waals surface area contributed by atoms with Crippen LogP contribution in [-0.2, 0) is 11.3 Å². The van der Waals surface area contributed by atoms with Crippen LogP contribution >= 0.6 is 11.6 Å². The number of aromatic nitrogens is 2. The van der Waals surface area contributed by atoms with Crippen LogP contribution in [0.1, 0.15) is 30.3 Å². The van der Waals surface area contributed by atoms with Gasteiger partial charge in [-0.3, -0.25) is 10.2 Å². The third kappa shape index (κ3) is 7.13. The summed E-state index contributed by atoms with van der Waals surface area (Å²) in [6.45, 7) is 1.09. The zero-order chi connectivity index (χ0) is 26.7. The molecule has 3 aromatic carbocycles. The number of hydrogen-bond acceptors (Lipinski definition) is 6. The van der Waals surface area contributed by atoms with Crippen molar-refractivity contribution in [2.24, 2.45) is 0 Å². The molecule has 0 unspecified atom stereocenters. The number of para-hydroxylation sites is 1. The molecule has 0 aliphatic rings. The van der Waals surface area contributed by atoms with Gasteiger partial charge in [-0.05, 0) is 48.9 Å². The molecule has 0 spiro atoms. The van der Waals surface area contributed by atoms with E-state index in [9.17, 15) is 9.59 Å². The van der Waals surface area contributed by atoms with Gasteiger partial charge in [0.15, 0.2) is 0 Å². The molecule has 38 heavy (non-hydrogen) atoms. The second kappa shape index (κ2) is 13.3. The molecule has 0 aliphatic heterocycles. The Kier molecular flexibility index (Phi) is 9.35. The van der Waals surface area contributed by atoms with Crippen molar-refractivity contribution < 1.29 is 9.53 Å². The second-order valence-corrected chi connectivity index (χ2v) is 8.93. The average Bonchev–Trinajstić information content (AvgIpc) is 2.93. The van der Waals surface area contributed by atoms with E-state index in [-0.39, 0.29) is 18.6 Å². The first kappa shape index (κ1) is 26.7. The van der Waals surface area contributed by atoms with Crippen molar-refractivity contribution in [2.75, 3.05) is 18.6 Å². The summed E-state index contributed by atoms with van der Waals surface area (Å²) in [4.78, 5) is 30.2. The van der Waals surface area contributed by atoms with Crippen LogP contribution in [0.2, 0.25) is 5.02 Å². The molecule has 0 saturated carbocycles. The maximum atomic E-state index is 13.5. The number of carbonyl (C=O) groups is 1. The van der Waals surface area contributed by atoms with Crippen LogP contribution in [0, 0.1) is 12.3 Å². The first-order chi connectivity index (χ1) is 18.5. The van der Waals surface area contributed by atoms with Crippen LogP contribution in [0.25, 0.3) is 10.9 Å². The van der Waals surface area contributed by atoms with Gasteiger partial charge in [-0.25, -0.2) is 14.5 Å². The average molecular weight is 530 g/mol. The lowest BCUT2D eigenvalue weighted by molar-refractivity contribution is 0.144. The number of anilines is 1. The molecule has 1 atom stereocenters. The normalized spacial score (nSPS) is 11.5. The van der Waals surface area contributed by atoms with Crippen molar-refractivity contribution >= 4 is 34.3 Å². The van der Waals surface area contributed by atoms with E-state index in [1.807, 2.05) is 60.7 Å². The lowest BCUT2D eigenvalue weighted by Crippen LogP contribution is -2.36. The Balaban J connectivity index is 1.44. The van der Waals surface area contributed by atoms with Gasteiger partial charge in [0.1, 0.15) is 5.82 Å². The summed E-state index contributed by atoms with van der Waals surface area (Å²) >= 11 is 6.18. The van der Waals surface area contributed by atoms with Crippen LogP contribution in [0.5, 0.6) is 0 Å². The molecule has 9 heteroatoms. The molecule has 0 aliphatic carbocycles. The van der Waals surface area contributed by atoms with Gasteiger partial charge in [0.25, 0.3) is 5.56 Å². The number of benzene rings is 3. The van der Waals surface area contributed by atoms with Crippen molar-refractivity contribution in [3.8, 4) is 12.3 Å². The number of rotatable bonds is 11. The first-order valence-electron chi connectivity index (χ1n) is 12.2. The van der Waals surface area contributed by atoms with E-state index in [1.54, 1.807) is 18.2 Å². The summed E-state index contributed by atoms with van der Waals surface area (Å²) in [5, 5.41) is 6.99.